The van der Waals surface area contributed by atoms with Gasteiger partial charge in [0.15, 0.2) is 5.54 Å². The Morgan fingerprint density at radius 1 is 1.17 bits per heavy atom. The van der Waals surface area contributed by atoms with Crippen molar-refractivity contribution in [2.45, 2.75) is 43.0 Å². The van der Waals surface area contributed by atoms with Gasteiger partial charge in [0, 0.05) is 38.8 Å². The van der Waals surface area contributed by atoms with Gasteiger partial charge in [-0.05, 0) is 54.8 Å². The molecule has 0 saturated carbocycles. The summed E-state index contributed by atoms with van der Waals surface area (Å²) >= 11 is 3.53. The molecule has 1 amide bonds. The summed E-state index contributed by atoms with van der Waals surface area (Å²) in [5.74, 6) is -0.719. The monoisotopic (exact) mass is 551 g/mol. The number of para-hydroxylation sites is 1. The lowest BCUT2D eigenvalue weighted by Crippen LogP contribution is -2.55. The molecule has 0 radical (unpaired) electrons. The highest BCUT2D eigenvalue weighted by Crippen LogP contribution is 2.59. The van der Waals surface area contributed by atoms with Crippen LogP contribution in [-0.4, -0.2) is 34.4 Å². The minimum absolute atomic E-state index is 0.188. The number of carbonyl (C=O) groups excluding carboxylic acids is 1. The second kappa shape index (κ2) is 8.67. The third-order valence-electron chi connectivity index (χ3n) is 7.73. The van der Waals surface area contributed by atoms with Crippen LogP contribution < -0.4 is 10.1 Å². The van der Waals surface area contributed by atoms with E-state index in [4.69, 9.17) is 4.74 Å². The lowest BCUT2D eigenvalue weighted by atomic mass is 9.77. The van der Waals surface area contributed by atoms with Gasteiger partial charge in [-0.15, -0.1) is 0 Å². The number of anilines is 1. The fourth-order valence-corrected chi connectivity index (χ4v) is 6.78. The molecule has 1 spiro atoms. The molecule has 2 fully saturated rings. The molecule has 2 saturated heterocycles. The molecule has 7 nitrogen and oxygen atoms in total. The van der Waals surface area contributed by atoms with Crippen molar-refractivity contribution in [2.24, 2.45) is 0 Å². The highest BCUT2D eigenvalue weighted by Gasteiger charge is 2.73. The van der Waals surface area contributed by atoms with E-state index in [1.807, 2.05) is 30.3 Å². The molecule has 0 unspecified atom stereocenters. The Labute approximate surface area is 215 Å². The smallest absolute Gasteiger partial charge is 0.256 e. The summed E-state index contributed by atoms with van der Waals surface area (Å²) in [5, 5.41) is 15.8. The van der Waals surface area contributed by atoms with E-state index in [1.54, 1.807) is 24.3 Å². The number of fused-ring (bicyclic) bond motifs is 4. The van der Waals surface area contributed by atoms with E-state index in [2.05, 4.69) is 26.1 Å². The molecule has 3 aliphatic heterocycles. The van der Waals surface area contributed by atoms with Gasteiger partial charge in [-0.3, -0.25) is 19.8 Å². The van der Waals surface area contributed by atoms with E-state index in [1.165, 1.54) is 12.1 Å². The van der Waals surface area contributed by atoms with Gasteiger partial charge in [-0.1, -0.05) is 46.3 Å². The zero-order valence-electron chi connectivity index (χ0n) is 19.2. The van der Waals surface area contributed by atoms with Crippen molar-refractivity contribution in [3.63, 3.8) is 0 Å². The van der Waals surface area contributed by atoms with Crippen molar-refractivity contribution < 1.29 is 18.8 Å². The van der Waals surface area contributed by atoms with Gasteiger partial charge in [0.05, 0.1) is 5.92 Å². The molecule has 3 aromatic carbocycles. The maximum Gasteiger partial charge on any atom is 0.256 e. The zero-order valence-corrected chi connectivity index (χ0v) is 20.8. The molecule has 9 heteroatoms. The van der Waals surface area contributed by atoms with Gasteiger partial charge in [-0.25, -0.2) is 4.39 Å². The van der Waals surface area contributed by atoms with Crippen LogP contribution in [0, 0.1) is 15.9 Å². The minimum Gasteiger partial charge on any atom is -0.489 e. The Morgan fingerprint density at radius 3 is 2.72 bits per heavy atom. The fourth-order valence-electron chi connectivity index (χ4n) is 6.40. The third kappa shape index (κ3) is 3.37. The SMILES string of the molecule is O=C1Nc2ccccc2[C@]12[C@H]([N+](=O)[O-])[C@H](c1cc(Br)ccc1OCc1ccc(F)cc1)[C@@H]1CCCN12. The van der Waals surface area contributed by atoms with Gasteiger partial charge in [-0.2, -0.15) is 0 Å². The van der Waals surface area contributed by atoms with E-state index in [0.29, 0.717) is 29.1 Å². The standard InChI is InChI=1S/C27H23BrFN3O4/c28-17-9-12-23(36-15-16-7-10-18(29)11-8-16)19(14-17)24-22-6-3-13-31(22)27(25(24)32(34)35)20-4-1-2-5-21(20)30-26(27)33/h1-2,4-5,7-12,14,22,24-25H,3,6,13,15H2,(H,30,33)/t22-,24+,25+,27-/m0/s1. The number of nitrogens with one attached hydrogen (secondary N) is 1. The van der Waals surface area contributed by atoms with Crippen LogP contribution in [-0.2, 0) is 16.9 Å². The first kappa shape index (κ1) is 23.1. The van der Waals surface area contributed by atoms with Gasteiger partial charge < -0.3 is 10.1 Å². The highest BCUT2D eigenvalue weighted by atomic mass is 79.9. The van der Waals surface area contributed by atoms with E-state index in [0.717, 1.165) is 22.9 Å². The molecule has 0 aromatic heterocycles. The van der Waals surface area contributed by atoms with Gasteiger partial charge in [0.1, 0.15) is 18.2 Å². The Balaban J connectivity index is 1.47. The summed E-state index contributed by atoms with van der Waals surface area (Å²) in [6.07, 6.45) is 1.60. The molecular weight excluding hydrogens is 529 g/mol. The summed E-state index contributed by atoms with van der Waals surface area (Å²) in [6, 6.07) is 17.4. The number of carbonyl (C=O) groups is 1. The first-order valence-electron chi connectivity index (χ1n) is 11.9. The minimum atomic E-state index is -1.39. The van der Waals surface area contributed by atoms with Crippen molar-refractivity contribution in [1.29, 1.82) is 0 Å². The number of benzene rings is 3. The second-order valence-electron chi connectivity index (χ2n) is 9.52. The number of amides is 1. The summed E-state index contributed by atoms with van der Waals surface area (Å²) in [6.45, 7) is 0.792. The van der Waals surface area contributed by atoms with E-state index >= 15 is 0 Å². The number of nitrogens with zero attached hydrogens (tertiary/aromatic N) is 2. The molecule has 3 aromatic rings. The number of rotatable bonds is 5. The maximum atomic E-state index is 13.7. The van der Waals surface area contributed by atoms with Crippen molar-refractivity contribution in [1.82, 2.24) is 4.90 Å². The van der Waals surface area contributed by atoms with Gasteiger partial charge >= 0.3 is 0 Å². The van der Waals surface area contributed by atoms with Crippen molar-refractivity contribution >= 4 is 27.5 Å². The first-order valence-corrected chi connectivity index (χ1v) is 12.7. The maximum absolute atomic E-state index is 13.7. The molecule has 0 bridgehead atoms. The first-order chi connectivity index (χ1) is 17.4. The molecular formula is C27H23BrFN3O4. The molecule has 0 aliphatic carbocycles. The van der Waals surface area contributed by atoms with Crippen LogP contribution in [0.1, 0.15) is 35.4 Å². The highest BCUT2D eigenvalue weighted by molar-refractivity contribution is 9.10. The molecule has 6 rings (SSSR count). The largest absolute Gasteiger partial charge is 0.489 e. The van der Waals surface area contributed by atoms with Gasteiger partial charge in [0.2, 0.25) is 0 Å². The lowest BCUT2D eigenvalue weighted by Gasteiger charge is -2.32. The van der Waals surface area contributed by atoms with Crippen LogP contribution in [0.4, 0.5) is 10.1 Å². The topological polar surface area (TPSA) is 84.7 Å². The Morgan fingerprint density at radius 2 is 1.94 bits per heavy atom. The zero-order chi connectivity index (χ0) is 25.0. The summed E-state index contributed by atoms with van der Waals surface area (Å²) in [4.78, 5) is 28.3. The molecule has 4 atom stereocenters. The van der Waals surface area contributed by atoms with Crippen LogP contribution in [0.15, 0.2) is 71.2 Å². The van der Waals surface area contributed by atoms with Crippen LogP contribution in [0.3, 0.4) is 0 Å². The van der Waals surface area contributed by atoms with E-state index < -0.39 is 17.5 Å². The normalized spacial score (nSPS) is 26.6. The third-order valence-corrected chi connectivity index (χ3v) is 8.23. The Kier molecular flexibility index (Phi) is 5.57. The molecule has 1 N–H and O–H groups in total. The summed E-state index contributed by atoms with van der Waals surface area (Å²) < 4.78 is 20.3. The predicted molar refractivity (Wildman–Crippen MR) is 135 cm³/mol. The van der Waals surface area contributed by atoms with Crippen LogP contribution in [0.25, 0.3) is 0 Å². The van der Waals surface area contributed by atoms with Crippen molar-refractivity contribution in [3.8, 4) is 5.75 Å². The predicted octanol–water partition coefficient (Wildman–Crippen LogP) is 5.22. The Hall–Kier alpha value is -3.30. The number of halogens is 2. The lowest BCUT2D eigenvalue weighted by molar-refractivity contribution is -0.534. The molecule has 36 heavy (non-hydrogen) atoms. The average molecular weight is 552 g/mol. The summed E-state index contributed by atoms with van der Waals surface area (Å²) in [5.41, 5.74) is 1.38. The number of ether oxygens (including phenoxy) is 1. The summed E-state index contributed by atoms with van der Waals surface area (Å²) in [7, 11) is 0. The second-order valence-corrected chi connectivity index (χ2v) is 10.4. The van der Waals surface area contributed by atoms with Crippen LogP contribution >= 0.6 is 15.9 Å². The van der Waals surface area contributed by atoms with Crippen molar-refractivity contribution in [2.75, 3.05) is 11.9 Å². The van der Waals surface area contributed by atoms with Gasteiger partial charge in [0.25, 0.3) is 11.9 Å². The van der Waals surface area contributed by atoms with Crippen LogP contribution in [0.2, 0.25) is 0 Å². The van der Waals surface area contributed by atoms with Crippen molar-refractivity contribution in [3.05, 3.63) is 104 Å². The fraction of sp³-hybridized carbons (Fsp3) is 0.296. The Bertz CT molecular complexity index is 1370. The molecule has 184 valence electrons. The quantitative estimate of drug-likeness (QED) is 0.347. The van der Waals surface area contributed by atoms with E-state index in [-0.39, 0.29) is 29.3 Å². The number of hydrogen-bond acceptors (Lipinski definition) is 5. The molecule has 3 heterocycles. The number of nitro groups is 1. The molecule has 3 aliphatic rings. The van der Waals surface area contributed by atoms with Crippen LogP contribution in [0.5, 0.6) is 5.75 Å². The van der Waals surface area contributed by atoms with E-state index in [9.17, 15) is 19.3 Å². The number of hydrogen-bond donors (Lipinski definition) is 1. The average Bonchev–Trinajstić information content (AvgIpc) is 3.52.